The molecule has 0 aliphatic carbocycles. The van der Waals surface area contributed by atoms with Gasteiger partial charge < -0.3 is 10.6 Å². The van der Waals surface area contributed by atoms with E-state index in [2.05, 4.69) is 31.4 Å². The lowest BCUT2D eigenvalue weighted by atomic mass is 10.1. The van der Waals surface area contributed by atoms with Gasteiger partial charge >= 0.3 is 0 Å². The summed E-state index contributed by atoms with van der Waals surface area (Å²) in [6.07, 6.45) is 2.53. The zero-order valence-corrected chi connectivity index (χ0v) is 11.6. The van der Waals surface area contributed by atoms with Crippen molar-refractivity contribution in [1.82, 2.24) is 5.32 Å². The molecule has 1 atom stereocenters. The van der Waals surface area contributed by atoms with Crippen LogP contribution >= 0.6 is 0 Å². The standard InChI is InChI=1S/C15H24N2O/c1-4-12(3)16-11-10-15(18)17-14-9-7-6-8-13(14)5-2/h6-9,12,16H,4-5,10-11H2,1-3H3,(H,17,18)/t12-/m0/s1. The van der Waals surface area contributed by atoms with Gasteiger partial charge in [0.15, 0.2) is 0 Å². The molecule has 0 heterocycles. The summed E-state index contributed by atoms with van der Waals surface area (Å²) in [5.74, 6) is 0.0757. The summed E-state index contributed by atoms with van der Waals surface area (Å²) < 4.78 is 0. The molecule has 0 spiro atoms. The van der Waals surface area contributed by atoms with E-state index in [9.17, 15) is 4.79 Å². The number of benzene rings is 1. The Bertz CT molecular complexity index is 377. The monoisotopic (exact) mass is 248 g/mol. The van der Waals surface area contributed by atoms with Gasteiger partial charge in [0.25, 0.3) is 0 Å². The van der Waals surface area contributed by atoms with Crippen LogP contribution in [0.5, 0.6) is 0 Å². The van der Waals surface area contributed by atoms with E-state index in [1.807, 2.05) is 24.3 Å². The zero-order valence-electron chi connectivity index (χ0n) is 11.6. The summed E-state index contributed by atoms with van der Waals surface area (Å²) in [5.41, 5.74) is 2.12. The molecule has 100 valence electrons. The number of carbonyl (C=O) groups is 1. The molecule has 1 aromatic rings. The molecule has 0 saturated heterocycles. The number of carbonyl (C=O) groups excluding carboxylic acids is 1. The van der Waals surface area contributed by atoms with Crippen LogP contribution in [0.15, 0.2) is 24.3 Å². The molecule has 0 bridgehead atoms. The van der Waals surface area contributed by atoms with Gasteiger partial charge in [-0.3, -0.25) is 4.79 Å². The van der Waals surface area contributed by atoms with Crippen LogP contribution in [0.1, 0.15) is 39.2 Å². The molecule has 0 aliphatic heterocycles. The number of hydrogen-bond donors (Lipinski definition) is 2. The third kappa shape index (κ3) is 4.88. The Morgan fingerprint density at radius 3 is 2.67 bits per heavy atom. The van der Waals surface area contributed by atoms with E-state index < -0.39 is 0 Å². The van der Waals surface area contributed by atoms with E-state index in [4.69, 9.17) is 0 Å². The summed E-state index contributed by atoms with van der Waals surface area (Å²) in [5, 5.41) is 6.29. The van der Waals surface area contributed by atoms with Crippen LogP contribution in [0.3, 0.4) is 0 Å². The van der Waals surface area contributed by atoms with Gasteiger partial charge in [0.2, 0.25) is 5.91 Å². The minimum Gasteiger partial charge on any atom is -0.326 e. The summed E-state index contributed by atoms with van der Waals surface area (Å²) in [6.45, 7) is 7.09. The largest absolute Gasteiger partial charge is 0.326 e. The third-order valence-corrected chi connectivity index (χ3v) is 3.13. The first-order chi connectivity index (χ1) is 8.67. The Balaban J connectivity index is 2.40. The molecule has 0 radical (unpaired) electrons. The number of amides is 1. The maximum Gasteiger partial charge on any atom is 0.225 e. The number of rotatable bonds is 7. The van der Waals surface area contributed by atoms with Gasteiger partial charge in [-0.15, -0.1) is 0 Å². The maximum absolute atomic E-state index is 11.8. The molecule has 0 aromatic heterocycles. The first-order valence-corrected chi connectivity index (χ1v) is 6.78. The highest BCUT2D eigenvalue weighted by Crippen LogP contribution is 2.15. The third-order valence-electron chi connectivity index (χ3n) is 3.13. The van der Waals surface area contributed by atoms with Crippen LogP contribution in [0, 0.1) is 0 Å². The minimum atomic E-state index is 0.0757. The van der Waals surface area contributed by atoms with Crippen molar-refractivity contribution in [1.29, 1.82) is 0 Å². The van der Waals surface area contributed by atoms with E-state index in [1.165, 1.54) is 5.56 Å². The van der Waals surface area contributed by atoms with E-state index >= 15 is 0 Å². The van der Waals surface area contributed by atoms with Crippen LogP contribution in [0.4, 0.5) is 5.69 Å². The van der Waals surface area contributed by atoms with Gasteiger partial charge in [-0.1, -0.05) is 32.0 Å². The second-order valence-electron chi connectivity index (χ2n) is 4.57. The van der Waals surface area contributed by atoms with Gasteiger partial charge in [-0.25, -0.2) is 0 Å². The molecule has 1 rings (SSSR count). The molecular weight excluding hydrogens is 224 g/mol. The van der Waals surface area contributed by atoms with Crippen molar-refractivity contribution in [2.75, 3.05) is 11.9 Å². The molecule has 0 unspecified atom stereocenters. The Labute approximate surface area is 110 Å². The molecule has 0 fully saturated rings. The second kappa shape index (κ2) is 7.88. The highest BCUT2D eigenvalue weighted by molar-refractivity contribution is 5.91. The Morgan fingerprint density at radius 1 is 1.28 bits per heavy atom. The molecule has 0 saturated carbocycles. The number of aryl methyl sites for hydroxylation is 1. The molecule has 3 heteroatoms. The topological polar surface area (TPSA) is 41.1 Å². The second-order valence-corrected chi connectivity index (χ2v) is 4.57. The molecule has 18 heavy (non-hydrogen) atoms. The predicted octanol–water partition coefficient (Wildman–Crippen LogP) is 2.97. The first-order valence-electron chi connectivity index (χ1n) is 6.78. The molecule has 3 nitrogen and oxygen atoms in total. The Kier molecular flexibility index (Phi) is 6.44. The normalized spacial score (nSPS) is 12.2. The first kappa shape index (κ1) is 14.7. The molecule has 1 amide bonds. The fourth-order valence-corrected chi connectivity index (χ4v) is 1.74. The van der Waals surface area contributed by atoms with Gasteiger partial charge in [0.05, 0.1) is 0 Å². The lowest BCUT2D eigenvalue weighted by Gasteiger charge is -2.12. The van der Waals surface area contributed by atoms with Crippen LogP contribution in [0.2, 0.25) is 0 Å². The number of hydrogen-bond acceptors (Lipinski definition) is 2. The highest BCUT2D eigenvalue weighted by Gasteiger charge is 2.05. The minimum absolute atomic E-state index is 0.0757. The molecule has 0 aliphatic rings. The lowest BCUT2D eigenvalue weighted by molar-refractivity contribution is -0.116. The number of nitrogens with one attached hydrogen (secondary N) is 2. The zero-order chi connectivity index (χ0) is 13.4. The summed E-state index contributed by atoms with van der Waals surface area (Å²) in [7, 11) is 0. The van der Waals surface area contributed by atoms with Crippen LogP contribution in [0.25, 0.3) is 0 Å². The van der Waals surface area contributed by atoms with Gasteiger partial charge in [0, 0.05) is 24.7 Å². The van der Waals surface area contributed by atoms with E-state index in [0.717, 1.165) is 25.1 Å². The molecule has 2 N–H and O–H groups in total. The van der Waals surface area contributed by atoms with Crippen LogP contribution in [-0.2, 0) is 11.2 Å². The molecular formula is C15H24N2O. The van der Waals surface area contributed by atoms with Crippen molar-refractivity contribution in [2.24, 2.45) is 0 Å². The lowest BCUT2D eigenvalue weighted by Crippen LogP contribution is -2.29. The van der Waals surface area contributed by atoms with Crippen molar-refractivity contribution >= 4 is 11.6 Å². The van der Waals surface area contributed by atoms with Gasteiger partial charge in [-0.2, -0.15) is 0 Å². The predicted molar refractivity (Wildman–Crippen MR) is 76.8 cm³/mol. The quantitative estimate of drug-likeness (QED) is 0.779. The fraction of sp³-hybridized carbons (Fsp3) is 0.533. The Morgan fingerprint density at radius 2 is 2.00 bits per heavy atom. The maximum atomic E-state index is 11.8. The average Bonchev–Trinajstić information content (AvgIpc) is 2.39. The van der Waals surface area contributed by atoms with E-state index in [0.29, 0.717) is 12.5 Å². The number of para-hydroxylation sites is 1. The smallest absolute Gasteiger partial charge is 0.225 e. The van der Waals surface area contributed by atoms with Crippen LogP contribution < -0.4 is 10.6 Å². The fourth-order valence-electron chi connectivity index (χ4n) is 1.74. The highest BCUT2D eigenvalue weighted by atomic mass is 16.1. The van der Waals surface area contributed by atoms with E-state index in [1.54, 1.807) is 0 Å². The van der Waals surface area contributed by atoms with Crippen molar-refractivity contribution in [3.05, 3.63) is 29.8 Å². The van der Waals surface area contributed by atoms with Crippen molar-refractivity contribution in [2.45, 2.75) is 46.1 Å². The molecule has 1 aromatic carbocycles. The van der Waals surface area contributed by atoms with Crippen LogP contribution in [-0.4, -0.2) is 18.5 Å². The summed E-state index contributed by atoms with van der Waals surface area (Å²) in [6, 6.07) is 8.43. The SMILES string of the molecule is CCc1ccccc1NC(=O)CCN[C@@H](C)CC. The van der Waals surface area contributed by atoms with Crippen molar-refractivity contribution in [3.8, 4) is 0 Å². The van der Waals surface area contributed by atoms with Crippen molar-refractivity contribution < 1.29 is 4.79 Å². The summed E-state index contributed by atoms with van der Waals surface area (Å²) in [4.78, 5) is 11.8. The Hall–Kier alpha value is -1.35. The van der Waals surface area contributed by atoms with Gasteiger partial charge in [-0.05, 0) is 31.4 Å². The van der Waals surface area contributed by atoms with Gasteiger partial charge in [0.1, 0.15) is 0 Å². The van der Waals surface area contributed by atoms with E-state index in [-0.39, 0.29) is 5.91 Å². The number of anilines is 1. The van der Waals surface area contributed by atoms with Crippen molar-refractivity contribution in [3.63, 3.8) is 0 Å². The average molecular weight is 248 g/mol. The summed E-state index contributed by atoms with van der Waals surface area (Å²) >= 11 is 0.